The first-order valence-electron chi connectivity index (χ1n) is 6.56. The lowest BCUT2D eigenvalue weighted by atomic mass is 10.2. The molecule has 2 aromatic rings. The summed E-state index contributed by atoms with van der Waals surface area (Å²) in [6, 6.07) is 11.2. The van der Waals surface area contributed by atoms with E-state index in [4.69, 9.17) is 14.2 Å². The lowest BCUT2D eigenvalue weighted by Crippen LogP contribution is -2.07. The zero-order valence-corrected chi connectivity index (χ0v) is 11.7. The Hall–Kier alpha value is -2.14. The van der Waals surface area contributed by atoms with Crippen molar-refractivity contribution in [1.82, 2.24) is 10.2 Å². The second kappa shape index (κ2) is 7.45. The molecule has 0 aliphatic carbocycles. The minimum Gasteiger partial charge on any atom is -0.474 e. The van der Waals surface area contributed by atoms with Gasteiger partial charge in [0.1, 0.15) is 12.4 Å². The quantitative estimate of drug-likeness (QED) is 0.726. The Morgan fingerprint density at radius 3 is 2.50 bits per heavy atom. The SMILES string of the molecule is CCOCCOc1ccc(Oc2cccc(C)c2)nn1. The highest BCUT2D eigenvalue weighted by Gasteiger charge is 2.01. The van der Waals surface area contributed by atoms with Crippen molar-refractivity contribution < 1.29 is 14.2 Å². The van der Waals surface area contributed by atoms with E-state index in [0.29, 0.717) is 31.6 Å². The van der Waals surface area contributed by atoms with Gasteiger partial charge in [-0.15, -0.1) is 10.2 Å². The van der Waals surface area contributed by atoms with Crippen LogP contribution < -0.4 is 9.47 Å². The number of aromatic nitrogens is 2. The van der Waals surface area contributed by atoms with E-state index in [1.54, 1.807) is 12.1 Å². The minimum absolute atomic E-state index is 0.438. The second-order valence-electron chi connectivity index (χ2n) is 4.17. The molecular weight excluding hydrogens is 256 g/mol. The van der Waals surface area contributed by atoms with Crippen molar-refractivity contribution in [3.05, 3.63) is 42.0 Å². The van der Waals surface area contributed by atoms with E-state index in [1.165, 1.54) is 0 Å². The fourth-order valence-corrected chi connectivity index (χ4v) is 1.59. The summed E-state index contributed by atoms with van der Waals surface area (Å²) in [5.74, 6) is 1.64. The smallest absolute Gasteiger partial charge is 0.239 e. The third-order valence-corrected chi connectivity index (χ3v) is 2.51. The average molecular weight is 274 g/mol. The molecule has 0 radical (unpaired) electrons. The minimum atomic E-state index is 0.438. The molecule has 0 spiro atoms. The highest BCUT2D eigenvalue weighted by atomic mass is 16.5. The Morgan fingerprint density at radius 1 is 1.00 bits per heavy atom. The maximum absolute atomic E-state index is 5.60. The van der Waals surface area contributed by atoms with Crippen LogP contribution in [0, 0.1) is 6.92 Å². The zero-order valence-electron chi connectivity index (χ0n) is 11.7. The van der Waals surface area contributed by atoms with Gasteiger partial charge in [-0.3, -0.25) is 0 Å². The third kappa shape index (κ3) is 4.51. The molecule has 5 heteroatoms. The molecule has 5 nitrogen and oxygen atoms in total. The molecule has 1 aromatic carbocycles. The van der Waals surface area contributed by atoms with Crippen molar-refractivity contribution in [2.45, 2.75) is 13.8 Å². The van der Waals surface area contributed by atoms with Crippen LogP contribution in [0.3, 0.4) is 0 Å². The lowest BCUT2D eigenvalue weighted by molar-refractivity contribution is 0.108. The van der Waals surface area contributed by atoms with Crippen LogP contribution in [-0.2, 0) is 4.74 Å². The van der Waals surface area contributed by atoms with Crippen LogP contribution in [0.15, 0.2) is 36.4 Å². The third-order valence-electron chi connectivity index (χ3n) is 2.51. The summed E-state index contributed by atoms with van der Waals surface area (Å²) in [4.78, 5) is 0. The molecule has 0 saturated carbocycles. The summed E-state index contributed by atoms with van der Waals surface area (Å²) in [5, 5.41) is 7.91. The largest absolute Gasteiger partial charge is 0.474 e. The highest BCUT2D eigenvalue weighted by Crippen LogP contribution is 2.20. The van der Waals surface area contributed by atoms with Crippen molar-refractivity contribution >= 4 is 0 Å². The molecule has 0 fully saturated rings. The molecule has 0 N–H and O–H groups in total. The van der Waals surface area contributed by atoms with E-state index in [-0.39, 0.29) is 0 Å². The van der Waals surface area contributed by atoms with Gasteiger partial charge in [0.15, 0.2) is 0 Å². The Labute approximate surface area is 118 Å². The van der Waals surface area contributed by atoms with Gasteiger partial charge >= 0.3 is 0 Å². The maximum Gasteiger partial charge on any atom is 0.239 e. The molecule has 106 valence electrons. The molecule has 0 atom stereocenters. The fraction of sp³-hybridized carbons (Fsp3) is 0.333. The van der Waals surface area contributed by atoms with Crippen LogP contribution in [0.25, 0.3) is 0 Å². The zero-order chi connectivity index (χ0) is 14.2. The van der Waals surface area contributed by atoms with E-state index in [0.717, 1.165) is 11.3 Å². The second-order valence-corrected chi connectivity index (χ2v) is 4.17. The van der Waals surface area contributed by atoms with Gasteiger partial charge in [-0.1, -0.05) is 12.1 Å². The molecule has 1 heterocycles. The van der Waals surface area contributed by atoms with Gasteiger partial charge in [-0.25, -0.2) is 0 Å². The predicted molar refractivity (Wildman–Crippen MR) is 75.3 cm³/mol. The normalized spacial score (nSPS) is 10.3. The first-order valence-corrected chi connectivity index (χ1v) is 6.56. The number of hydrogen-bond donors (Lipinski definition) is 0. The van der Waals surface area contributed by atoms with E-state index < -0.39 is 0 Å². The molecular formula is C15H18N2O3. The highest BCUT2D eigenvalue weighted by molar-refractivity contribution is 5.30. The molecule has 0 bridgehead atoms. The Morgan fingerprint density at radius 2 is 1.80 bits per heavy atom. The summed E-state index contributed by atoms with van der Waals surface area (Å²) >= 11 is 0. The maximum atomic E-state index is 5.60. The number of aryl methyl sites for hydroxylation is 1. The first kappa shape index (κ1) is 14.3. The molecule has 1 aromatic heterocycles. The van der Waals surface area contributed by atoms with Crippen LogP contribution in [0.2, 0.25) is 0 Å². The van der Waals surface area contributed by atoms with Crippen molar-refractivity contribution in [2.75, 3.05) is 19.8 Å². The Balaban J connectivity index is 1.88. The van der Waals surface area contributed by atoms with Crippen LogP contribution >= 0.6 is 0 Å². The summed E-state index contributed by atoms with van der Waals surface area (Å²) in [7, 11) is 0. The van der Waals surface area contributed by atoms with Crippen molar-refractivity contribution in [3.8, 4) is 17.5 Å². The molecule has 0 amide bonds. The Bertz CT molecular complexity index is 529. The monoisotopic (exact) mass is 274 g/mol. The van der Waals surface area contributed by atoms with E-state index in [1.807, 2.05) is 38.1 Å². The molecule has 0 aliphatic rings. The predicted octanol–water partition coefficient (Wildman–Crippen LogP) is 2.99. The summed E-state index contributed by atoms with van der Waals surface area (Å²) in [5.41, 5.74) is 1.13. The van der Waals surface area contributed by atoms with E-state index in [2.05, 4.69) is 10.2 Å². The van der Waals surface area contributed by atoms with Gasteiger partial charge in [0, 0.05) is 18.7 Å². The topological polar surface area (TPSA) is 53.5 Å². The number of hydrogen-bond acceptors (Lipinski definition) is 5. The first-order chi connectivity index (χ1) is 9.78. The number of benzene rings is 1. The molecule has 2 rings (SSSR count). The molecule has 0 aliphatic heterocycles. The summed E-state index contributed by atoms with van der Waals surface area (Å²) < 4.78 is 16.2. The van der Waals surface area contributed by atoms with Crippen LogP contribution in [0.1, 0.15) is 12.5 Å². The van der Waals surface area contributed by atoms with Crippen LogP contribution in [0.5, 0.6) is 17.5 Å². The van der Waals surface area contributed by atoms with Crippen molar-refractivity contribution in [1.29, 1.82) is 0 Å². The summed E-state index contributed by atoms with van der Waals surface area (Å²) in [6.45, 7) is 5.63. The number of ether oxygens (including phenoxy) is 3. The molecule has 20 heavy (non-hydrogen) atoms. The standard InChI is InChI=1S/C15H18N2O3/c1-3-18-9-10-19-14-7-8-15(17-16-14)20-13-6-4-5-12(2)11-13/h4-8,11H,3,9-10H2,1-2H3. The van der Waals surface area contributed by atoms with Gasteiger partial charge in [-0.2, -0.15) is 0 Å². The molecule has 0 unspecified atom stereocenters. The van der Waals surface area contributed by atoms with E-state index >= 15 is 0 Å². The molecule has 0 saturated heterocycles. The van der Waals surface area contributed by atoms with Gasteiger partial charge in [0.05, 0.1) is 6.61 Å². The van der Waals surface area contributed by atoms with E-state index in [9.17, 15) is 0 Å². The van der Waals surface area contributed by atoms with Gasteiger partial charge in [0.2, 0.25) is 11.8 Å². The van der Waals surface area contributed by atoms with Gasteiger partial charge in [0.25, 0.3) is 0 Å². The van der Waals surface area contributed by atoms with Gasteiger partial charge < -0.3 is 14.2 Å². The van der Waals surface area contributed by atoms with Gasteiger partial charge in [-0.05, 0) is 31.5 Å². The number of nitrogens with zero attached hydrogens (tertiary/aromatic N) is 2. The average Bonchev–Trinajstić information content (AvgIpc) is 2.45. The van der Waals surface area contributed by atoms with Crippen LogP contribution in [0.4, 0.5) is 0 Å². The fourth-order valence-electron chi connectivity index (χ4n) is 1.59. The number of rotatable bonds is 7. The van der Waals surface area contributed by atoms with Crippen LogP contribution in [-0.4, -0.2) is 30.0 Å². The van der Waals surface area contributed by atoms with Crippen molar-refractivity contribution in [3.63, 3.8) is 0 Å². The van der Waals surface area contributed by atoms with Crippen molar-refractivity contribution in [2.24, 2.45) is 0 Å². The lowest BCUT2D eigenvalue weighted by Gasteiger charge is -2.06. The summed E-state index contributed by atoms with van der Waals surface area (Å²) in [6.07, 6.45) is 0. The Kier molecular flexibility index (Phi) is 5.32.